The Morgan fingerprint density at radius 1 is 0.621 bits per heavy atom. The quantitative estimate of drug-likeness (QED) is 0.100. The van der Waals surface area contributed by atoms with E-state index in [1.165, 1.54) is 38.5 Å². The minimum absolute atomic E-state index is 0.383. The zero-order valence-corrected chi connectivity index (χ0v) is 19.7. The van der Waals surface area contributed by atoms with E-state index in [1.54, 1.807) is 0 Å². The first-order chi connectivity index (χ1) is 13.7. The van der Waals surface area contributed by atoms with Gasteiger partial charge in [0.15, 0.2) is 0 Å². The minimum atomic E-state index is -0.613. The lowest BCUT2D eigenvalue weighted by Gasteiger charge is -2.26. The fraction of sp³-hybridized carbons (Fsp3) is 0.769. The lowest BCUT2D eigenvalue weighted by molar-refractivity contribution is -0.172. The van der Waals surface area contributed by atoms with Crippen molar-refractivity contribution in [3.8, 4) is 0 Å². The summed E-state index contributed by atoms with van der Waals surface area (Å²) in [7, 11) is 0. The SMILES string of the molecule is C=CCCCCCCCC(C)(C)C(=O)OC(=O)C(C)(C)CCCCCCCC=C. The molecule has 0 aromatic carbocycles. The second kappa shape index (κ2) is 15.5. The highest BCUT2D eigenvalue weighted by atomic mass is 16.6. The van der Waals surface area contributed by atoms with Gasteiger partial charge >= 0.3 is 11.9 Å². The van der Waals surface area contributed by atoms with Crippen LogP contribution in [0.25, 0.3) is 0 Å². The third-order valence-corrected chi connectivity index (χ3v) is 5.71. The van der Waals surface area contributed by atoms with Gasteiger partial charge in [-0.05, 0) is 66.2 Å². The first-order valence-corrected chi connectivity index (χ1v) is 11.7. The molecule has 0 amide bonds. The number of rotatable bonds is 18. The van der Waals surface area contributed by atoms with E-state index < -0.39 is 10.8 Å². The predicted molar refractivity (Wildman–Crippen MR) is 124 cm³/mol. The number of esters is 2. The van der Waals surface area contributed by atoms with Crippen LogP contribution in [0.2, 0.25) is 0 Å². The Morgan fingerprint density at radius 2 is 0.931 bits per heavy atom. The Labute approximate surface area is 180 Å². The van der Waals surface area contributed by atoms with E-state index in [0.717, 1.165) is 51.4 Å². The van der Waals surface area contributed by atoms with E-state index in [0.29, 0.717) is 0 Å². The molecular weight excluding hydrogens is 360 g/mol. The predicted octanol–water partition coefficient (Wildman–Crippen LogP) is 7.94. The topological polar surface area (TPSA) is 43.4 Å². The van der Waals surface area contributed by atoms with Gasteiger partial charge < -0.3 is 4.74 Å². The van der Waals surface area contributed by atoms with Crippen molar-refractivity contribution in [3.63, 3.8) is 0 Å². The Hall–Kier alpha value is -1.38. The van der Waals surface area contributed by atoms with Crippen molar-refractivity contribution in [2.75, 3.05) is 0 Å². The summed E-state index contributed by atoms with van der Waals surface area (Å²) in [6.07, 6.45) is 18.9. The molecule has 29 heavy (non-hydrogen) atoms. The molecule has 0 N–H and O–H groups in total. The first kappa shape index (κ1) is 27.6. The number of allylic oxidation sites excluding steroid dienone is 2. The Bertz CT molecular complexity index is 444. The van der Waals surface area contributed by atoms with Crippen molar-refractivity contribution < 1.29 is 14.3 Å². The summed E-state index contributed by atoms with van der Waals surface area (Å²) >= 11 is 0. The van der Waals surface area contributed by atoms with Crippen LogP contribution in [-0.4, -0.2) is 11.9 Å². The molecule has 0 aliphatic heterocycles. The summed E-state index contributed by atoms with van der Waals surface area (Å²) in [5, 5.41) is 0. The normalized spacial score (nSPS) is 11.9. The fourth-order valence-corrected chi connectivity index (χ4v) is 3.34. The molecule has 0 aliphatic rings. The summed E-state index contributed by atoms with van der Waals surface area (Å²) in [6.45, 7) is 15.0. The lowest BCUT2D eigenvalue weighted by Crippen LogP contribution is -2.34. The van der Waals surface area contributed by atoms with Gasteiger partial charge in [0.05, 0.1) is 10.8 Å². The summed E-state index contributed by atoms with van der Waals surface area (Å²) in [4.78, 5) is 25.1. The van der Waals surface area contributed by atoms with Gasteiger partial charge in [-0.25, -0.2) is 0 Å². The molecule has 0 spiro atoms. The second-order valence-electron chi connectivity index (χ2n) is 9.63. The highest BCUT2D eigenvalue weighted by Gasteiger charge is 2.36. The zero-order valence-electron chi connectivity index (χ0n) is 19.7. The van der Waals surface area contributed by atoms with E-state index >= 15 is 0 Å². The van der Waals surface area contributed by atoms with Crippen molar-refractivity contribution in [2.45, 2.75) is 118 Å². The number of ether oxygens (including phenoxy) is 1. The van der Waals surface area contributed by atoms with E-state index in [4.69, 9.17) is 4.74 Å². The third kappa shape index (κ3) is 13.5. The maximum Gasteiger partial charge on any atom is 0.319 e. The van der Waals surface area contributed by atoms with Crippen LogP contribution in [0.3, 0.4) is 0 Å². The van der Waals surface area contributed by atoms with Gasteiger partial charge in [-0.3, -0.25) is 9.59 Å². The van der Waals surface area contributed by atoms with Gasteiger partial charge in [-0.1, -0.05) is 63.5 Å². The third-order valence-electron chi connectivity index (χ3n) is 5.71. The van der Waals surface area contributed by atoms with Crippen molar-refractivity contribution >= 4 is 11.9 Å². The summed E-state index contributed by atoms with van der Waals surface area (Å²) in [6, 6.07) is 0. The summed E-state index contributed by atoms with van der Waals surface area (Å²) < 4.78 is 5.30. The molecule has 168 valence electrons. The second-order valence-corrected chi connectivity index (χ2v) is 9.63. The molecule has 0 rings (SSSR count). The smallest absolute Gasteiger partial charge is 0.319 e. The van der Waals surface area contributed by atoms with E-state index in [9.17, 15) is 9.59 Å². The van der Waals surface area contributed by atoms with Crippen LogP contribution in [0.4, 0.5) is 0 Å². The highest BCUT2D eigenvalue weighted by Crippen LogP contribution is 2.30. The number of carbonyl (C=O) groups is 2. The first-order valence-electron chi connectivity index (χ1n) is 11.7. The highest BCUT2D eigenvalue weighted by molar-refractivity contribution is 5.90. The van der Waals surface area contributed by atoms with Gasteiger partial charge in [-0.15, -0.1) is 13.2 Å². The largest absolute Gasteiger partial charge is 0.392 e. The number of hydrogen-bond donors (Lipinski definition) is 0. The molecule has 0 aliphatic carbocycles. The summed E-state index contributed by atoms with van der Waals surface area (Å²) in [5.74, 6) is -0.765. The van der Waals surface area contributed by atoms with Crippen molar-refractivity contribution in [1.29, 1.82) is 0 Å². The van der Waals surface area contributed by atoms with Crippen LogP contribution >= 0.6 is 0 Å². The van der Waals surface area contributed by atoms with Crippen LogP contribution in [0.1, 0.15) is 118 Å². The van der Waals surface area contributed by atoms with E-state index in [-0.39, 0.29) is 11.9 Å². The molecule has 0 radical (unpaired) electrons. The van der Waals surface area contributed by atoms with Gasteiger partial charge in [-0.2, -0.15) is 0 Å². The van der Waals surface area contributed by atoms with Crippen LogP contribution in [-0.2, 0) is 14.3 Å². The standard InChI is InChI=1S/C26H46O3/c1-7-9-11-13-15-17-19-21-25(3,4)23(27)29-24(28)26(5,6)22-20-18-16-14-12-10-8-2/h7-8H,1-2,9-22H2,3-6H3. The van der Waals surface area contributed by atoms with Crippen LogP contribution in [0.15, 0.2) is 25.3 Å². The molecule has 0 bridgehead atoms. The van der Waals surface area contributed by atoms with Crippen molar-refractivity contribution in [3.05, 3.63) is 25.3 Å². The van der Waals surface area contributed by atoms with E-state index in [1.807, 2.05) is 39.8 Å². The Kier molecular flexibility index (Phi) is 14.7. The molecule has 0 saturated carbocycles. The zero-order chi connectivity index (χ0) is 22.2. The lowest BCUT2D eigenvalue weighted by atomic mass is 9.85. The number of hydrogen-bond acceptors (Lipinski definition) is 3. The monoisotopic (exact) mass is 406 g/mol. The fourth-order valence-electron chi connectivity index (χ4n) is 3.34. The van der Waals surface area contributed by atoms with Gasteiger partial charge in [0.25, 0.3) is 0 Å². The van der Waals surface area contributed by atoms with Crippen LogP contribution in [0, 0.1) is 10.8 Å². The van der Waals surface area contributed by atoms with Crippen LogP contribution in [0.5, 0.6) is 0 Å². The molecule has 3 heteroatoms. The molecule has 0 aromatic rings. The molecule has 0 unspecified atom stereocenters. The minimum Gasteiger partial charge on any atom is -0.392 e. The molecule has 0 saturated heterocycles. The maximum atomic E-state index is 12.5. The van der Waals surface area contributed by atoms with Crippen LogP contribution < -0.4 is 0 Å². The van der Waals surface area contributed by atoms with Gasteiger partial charge in [0.1, 0.15) is 0 Å². The molecule has 0 aromatic heterocycles. The maximum absolute atomic E-state index is 12.5. The molecule has 0 atom stereocenters. The summed E-state index contributed by atoms with van der Waals surface area (Å²) in [5.41, 5.74) is -1.23. The Balaban J connectivity index is 4.17. The molecule has 0 fully saturated rings. The molecule has 0 heterocycles. The number of unbranched alkanes of at least 4 members (excludes halogenated alkanes) is 10. The number of carbonyl (C=O) groups excluding carboxylic acids is 2. The van der Waals surface area contributed by atoms with Gasteiger partial charge in [0.2, 0.25) is 0 Å². The average Bonchev–Trinajstić information content (AvgIpc) is 2.66. The van der Waals surface area contributed by atoms with Crippen molar-refractivity contribution in [1.82, 2.24) is 0 Å². The van der Waals surface area contributed by atoms with Gasteiger partial charge in [0, 0.05) is 0 Å². The Morgan fingerprint density at radius 3 is 1.28 bits per heavy atom. The molecular formula is C26H46O3. The molecule has 3 nitrogen and oxygen atoms in total. The average molecular weight is 407 g/mol. The van der Waals surface area contributed by atoms with Crippen molar-refractivity contribution in [2.24, 2.45) is 10.8 Å². The van der Waals surface area contributed by atoms with E-state index in [2.05, 4.69) is 13.2 Å².